The third-order valence-electron chi connectivity index (χ3n) is 7.33. The lowest BCUT2D eigenvalue weighted by Crippen LogP contribution is -2.48. The lowest BCUT2D eigenvalue weighted by Gasteiger charge is -2.34. The van der Waals surface area contributed by atoms with E-state index in [0.717, 1.165) is 69.5 Å². The highest BCUT2D eigenvalue weighted by atomic mass is 16.5. The number of hydrogen-bond acceptors (Lipinski definition) is 10. The molecule has 194 valence electrons. The van der Waals surface area contributed by atoms with Crippen LogP contribution in [0, 0.1) is 0 Å². The first kappa shape index (κ1) is 24.8. The van der Waals surface area contributed by atoms with Crippen LogP contribution in [0.5, 0.6) is 0 Å². The van der Waals surface area contributed by atoms with Gasteiger partial charge in [0.1, 0.15) is 0 Å². The van der Waals surface area contributed by atoms with Crippen LogP contribution in [0.1, 0.15) is 24.5 Å². The predicted octanol–water partition coefficient (Wildman–Crippen LogP) is -0.335. The van der Waals surface area contributed by atoms with Crippen LogP contribution >= 0.6 is 0 Å². The second-order valence-electron chi connectivity index (χ2n) is 9.60. The number of β-amino-alcohol motifs (C(OH)–C–C–N with tert-alkyl or cyclic N) is 1. The monoisotopic (exact) mass is 497 g/mol. The zero-order valence-corrected chi connectivity index (χ0v) is 20.6. The Morgan fingerprint density at radius 2 is 1.69 bits per heavy atom. The van der Waals surface area contributed by atoms with Crippen molar-refractivity contribution >= 4 is 23.0 Å². The van der Waals surface area contributed by atoms with Crippen LogP contribution in [-0.4, -0.2) is 120 Å². The van der Waals surface area contributed by atoms with Crippen LogP contribution < -0.4 is 10.2 Å². The average Bonchev–Trinajstić information content (AvgIpc) is 3.34. The number of allylic oxidation sites excluding steroid dienone is 1. The van der Waals surface area contributed by atoms with Crippen LogP contribution in [0.4, 0.5) is 5.82 Å². The van der Waals surface area contributed by atoms with Gasteiger partial charge >= 0.3 is 0 Å². The number of anilines is 1. The van der Waals surface area contributed by atoms with Gasteiger partial charge in [0.2, 0.25) is 0 Å². The molecule has 36 heavy (non-hydrogen) atoms. The minimum Gasteiger partial charge on any atom is -0.395 e. The van der Waals surface area contributed by atoms with Gasteiger partial charge in [-0.3, -0.25) is 23.8 Å². The molecule has 11 heteroatoms. The van der Waals surface area contributed by atoms with Gasteiger partial charge in [-0.1, -0.05) is 0 Å². The maximum Gasteiger partial charge on any atom is 0.180 e. The van der Waals surface area contributed by atoms with Crippen molar-refractivity contribution in [2.45, 2.75) is 18.8 Å². The Labute approximate surface area is 210 Å². The molecule has 0 bridgehead atoms. The Hall–Kier alpha value is -2.86. The van der Waals surface area contributed by atoms with E-state index in [1.807, 2.05) is 10.6 Å². The van der Waals surface area contributed by atoms with Crippen molar-refractivity contribution in [1.82, 2.24) is 29.5 Å². The van der Waals surface area contributed by atoms with Gasteiger partial charge < -0.3 is 20.1 Å². The van der Waals surface area contributed by atoms with Crippen molar-refractivity contribution in [2.24, 2.45) is 0 Å². The first-order valence-electron chi connectivity index (χ1n) is 12.8. The van der Waals surface area contributed by atoms with Gasteiger partial charge in [-0.2, -0.15) is 0 Å². The van der Waals surface area contributed by atoms with Crippen molar-refractivity contribution in [3.05, 3.63) is 36.1 Å². The topological polar surface area (TPSA) is 116 Å². The molecule has 0 amide bonds. The van der Waals surface area contributed by atoms with E-state index in [9.17, 15) is 9.59 Å². The van der Waals surface area contributed by atoms with Crippen LogP contribution in [0.25, 0.3) is 5.65 Å². The average molecular weight is 498 g/mol. The largest absolute Gasteiger partial charge is 0.395 e. The Morgan fingerprint density at radius 3 is 2.39 bits per heavy atom. The molecule has 5 rings (SSSR count). The molecule has 1 aliphatic carbocycles. The van der Waals surface area contributed by atoms with Crippen molar-refractivity contribution in [1.29, 1.82) is 0 Å². The maximum atomic E-state index is 12.9. The SMILES string of the molecule is O=C1CC(c2cnc3c(N4CCOCC4)nccn23)CC(=O)C1=CNCCN1CCN(CCO)CC1. The minimum absolute atomic E-state index is 0.126. The van der Waals surface area contributed by atoms with Crippen LogP contribution in [-0.2, 0) is 14.3 Å². The minimum atomic E-state index is -0.202. The number of hydrogen-bond donors (Lipinski definition) is 2. The molecule has 0 aromatic carbocycles. The summed E-state index contributed by atoms with van der Waals surface area (Å²) in [7, 11) is 0. The third kappa shape index (κ3) is 5.44. The first-order valence-corrected chi connectivity index (χ1v) is 12.8. The number of morpholine rings is 1. The second kappa shape index (κ2) is 11.5. The van der Waals surface area contributed by atoms with Crippen molar-refractivity contribution in [3.63, 3.8) is 0 Å². The lowest BCUT2D eigenvalue weighted by molar-refractivity contribution is -0.124. The van der Waals surface area contributed by atoms with Crippen LogP contribution in [0.2, 0.25) is 0 Å². The molecule has 3 aliphatic rings. The van der Waals surface area contributed by atoms with Crippen molar-refractivity contribution in [2.75, 3.05) is 83.6 Å². The summed E-state index contributed by atoms with van der Waals surface area (Å²) in [5.74, 6) is 0.352. The van der Waals surface area contributed by atoms with Gasteiger partial charge in [-0.15, -0.1) is 0 Å². The maximum absolute atomic E-state index is 12.9. The predicted molar refractivity (Wildman–Crippen MR) is 134 cm³/mol. The van der Waals surface area contributed by atoms with Gasteiger partial charge in [0.15, 0.2) is 23.0 Å². The molecule has 0 radical (unpaired) electrons. The summed E-state index contributed by atoms with van der Waals surface area (Å²) in [5, 5.41) is 12.2. The van der Waals surface area contributed by atoms with Crippen molar-refractivity contribution in [3.8, 4) is 0 Å². The highest BCUT2D eigenvalue weighted by Gasteiger charge is 2.33. The molecule has 4 heterocycles. The van der Waals surface area contributed by atoms with E-state index in [1.54, 1.807) is 18.6 Å². The number of aromatic nitrogens is 3. The van der Waals surface area contributed by atoms with E-state index in [1.165, 1.54) is 0 Å². The summed E-state index contributed by atoms with van der Waals surface area (Å²) in [4.78, 5) is 41.8. The molecular weight excluding hydrogens is 462 g/mol. The van der Waals surface area contributed by atoms with E-state index in [-0.39, 0.29) is 42.5 Å². The Kier molecular flexibility index (Phi) is 7.90. The molecule has 2 saturated heterocycles. The van der Waals surface area contributed by atoms with Crippen LogP contribution in [0.15, 0.2) is 30.4 Å². The molecule has 0 unspecified atom stereocenters. The molecule has 2 aromatic heterocycles. The summed E-state index contributed by atoms with van der Waals surface area (Å²) in [6, 6.07) is 0. The number of imidazole rings is 1. The molecule has 2 aromatic rings. The number of nitrogens with one attached hydrogen (secondary N) is 1. The normalized spacial score (nSPS) is 22.4. The van der Waals surface area contributed by atoms with E-state index in [0.29, 0.717) is 19.8 Å². The molecule has 11 nitrogen and oxygen atoms in total. The zero-order chi connectivity index (χ0) is 24.9. The number of carbonyl (C=O) groups is 2. The molecule has 0 atom stereocenters. The van der Waals surface area contributed by atoms with E-state index < -0.39 is 0 Å². The lowest BCUT2D eigenvalue weighted by atomic mass is 9.82. The number of ketones is 2. The van der Waals surface area contributed by atoms with E-state index in [2.05, 4.69) is 30.0 Å². The molecule has 3 fully saturated rings. The number of fused-ring (bicyclic) bond motifs is 1. The summed E-state index contributed by atoms with van der Waals surface area (Å²) >= 11 is 0. The quantitative estimate of drug-likeness (QED) is 0.285. The summed E-state index contributed by atoms with van der Waals surface area (Å²) in [6.45, 7) is 9.11. The van der Waals surface area contributed by atoms with Gasteiger partial charge in [0.25, 0.3) is 0 Å². The summed E-state index contributed by atoms with van der Waals surface area (Å²) in [5.41, 5.74) is 1.88. The van der Waals surface area contributed by atoms with E-state index in [4.69, 9.17) is 9.84 Å². The third-order valence-corrected chi connectivity index (χ3v) is 7.33. The zero-order valence-electron chi connectivity index (χ0n) is 20.6. The number of aliphatic hydroxyl groups is 1. The van der Waals surface area contributed by atoms with Gasteiger partial charge in [-0.05, 0) is 0 Å². The van der Waals surface area contributed by atoms with Gasteiger partial charge in [0.05, 0.1) is 25.4 Å². The molecule has 1 saturated carbocycles. The number of piperazine rings is 1. The molecule has 2 aliphatic heterocycles. The first-order chi connectivity index (χ1) is 17.6. The summed E-state index contributed by atoms with van der Waals surface area (Å²) < 4.78 is 7.42. The fourth-order valence-electron chi connectivity index (χ4n) is 5.26. The number of Topliss-reactive ketones (excluding diaryl/α,β-unsaturated/α-hetero) is 2. The fraction of sp³-hybridized carbons (Fsp3) is 0.600. The highest BCUT2D eigenvalue weighted by molar-refractivity contribution is 6.22. The smallest absolute Gasteiger partial charge is 0.180 e. The van der Waals surface area contributed by atoms with E-state index >= 15 is 0 Å². The molecule has 2 N–H and O–H groups in total. The Balaban J connectivity index is 1.18. The number of carbonyl (C=O) groups excluding carboxylic acids is 2. The summed E-state index contributed by atoms with van der Waals surface area (Å²) in [6.07, 6.45) is 7.56. The Bertz CT molecular complexity index is 1080. The molecule has 0 spiro atoms. The molecular formula is C25H35N7O4. The Morgan fingerprint density at radius 1 is 1.00 bits per heavy atom. The number of nitrogens with zero attached hydrogens (tertiary/aromatic N) is 6. The standard InChI is InChI=1S/C25H35N7O4/c33-12-9-30-7-5-29(6-8-30)3-1-26-17-20-22(34)15-19(16-23(20)35)21-18-28-25-24(27-2-4-32(21)25)31-10-13-36-14-11-31/h2,4,17-19,26,33H,1,3,5-16H2. The fourth-order valence-corrected chi connectivity index (χ4v) is 5.26. The number of aliphatic hydroxyl groups excluding tert-OH is 1. The van der Waals surface area contributed by atoms with Gasteiger partial charge in [-0.25, -0.2) is 9.97 Å². The van der Waals surface area contributed by atoms with Gasteiger partial charge in [0, 0.05) is 108 Å². The second-order valence-corrected chi connectivity index (χ2v) is 9.60. The highest BCUT2D eigenvalue weighted by Crippen LogP contribution is 2.33. The number of rotatable bonds is 8. The number of ether oxygens (including phenoxy) is 1. The van der Waals surface area contributed by atoms with Crippen molar-refractivity contribution < 1.29 is 19.4 Å². The van der Waals surface area contributed by atoms with Crippen LogP contribution in [0.3, 0.4) is 0 Å².